The van der Waals surface area contributed by atoms with Gasteiger partial charge in [0.05, 0.1) is 0 Å². The van der Waals surface area contributed by atoms with Gasteiger partial charge in [-0.05, 0) is 28.3 Å². The molecule has 0 saturated heterocycles. The average Bonchev–Trinajstić information content (AvgIpc) is 2.64. The van der Waals surface area contributed by atoms with E-state index in [1.165, 1.54) is 11.1 Å². The van der Waals surface area contributed by atoms with Gasteiger partial charge in [0.25, 0.3) is 0 Å². The van der Waals surface area contributed by atoms with Crippen LogP contribution in [0.5, 0.6) is 0 Å². The summed E-state index contributed by atoms with van der Waals surface area (Å²) in [6, 6.07) is 30.7. The summed E-state index contributed by atoms with van der Waals surface area (Å²) in [6.07, 6.45) is 4.05. The highest BCUT2D eigenvalue weighted by Gasteiger charge is 2.03. The molecule has 112 valence electrons. The molecule has 0 amide bonds. The molecule has 0 aliphatic heterocycles. The van der Waals surface area contributed by atoms with E-state index in [-0.39, 0.29) is 0 Å². The number of benzene rings is 3. The number of hydrogen-bond donors (Lipinski definition) is 0. The molecule has 0 N–H and O–H groups in total. The van der Waals surface area contributed by atoms with Crippen molar-refractivity contribution in [3.63, 3.8) is 0 Å². The van der Waals surface area contributed by atoms with E-state index in [9.17, 15) is 0 Å². The van der Waals surface area contributed by atoms with Gasteiger partial charge in [-0.15, -0.1) is 0 Å². The first-order chi connectivity index (χ1) is 11.3. The second-order valence-electron chi connectivity index (χ2n) is 5.19. The van der Waals surface area contributed by atoms with Crippen molar-refractivity contribution >= 4 is 22.2 Å². The molecule has 0 aliphatic carbocycles. The molecule has 0 atom stereocenters. The van der Waals surface area contributed by atoms with E-state index in [2.05, 4.69) is 54.6 Å². The molecule has 0 unspecified atom stereocenters. The van der Waals surface area contributed by atoms with Crippen molar-refractivity contribution in [2.45, 2.75) is 0 Å². The van der Waals surface area contributed by atoms with Gasteiger partial charge in [0.15, 0.2) is 0 Å². The van der Waals surface area contributed by atoms with Crippen LogP contribution in [0.1, 0.15) is 16.7 Å². The number of rotatable bonds is 4. The maximum absolute atomic E-state index is 6.44. The van der Waals surface area contributed by atoms with Crippen LogP contribution in [-0.2, 0) is 0 Å². The van der Waals surface area contributed by atoms with Gasteiger partial charge >= 0.3 is 0 Å². The summed E-state index contributed by atoms with van der Waals surface area (Å²) in [4.78, 5) is 0. The number of hydrogen-bond acceptors (Lipinski definition) is 0. The zero-order valence-electron chi connectivity index (χ0n) is 12.7. The van der Waals surface area contributed by atoms with Gasteiger partial charge in [0.2, 0.25) is 0 Å². The Balaban J connectivity index is 2.02. The van der Waals surface area contributed by atoms with Crippen LogP contribution < -0.4 is 0 Å². The molecule has 1 heteroatoms. The second kappa shape index (κ2) is 7.62. The van der Waals surface area contributed by atoms with Crippen molar-refractivity contribution in [3.05, 3.63) is 120 Å². The van der Waals surface area contributed by atoms with Crippen LogP contribution in [0.4, 0.5) is 0 Å². The third-order valence-electron chi connectivity index (χ3n) is 3.62. The van der Waals surface area contributed by atoms with Gasteiger partial charge in [-0.3, -0.25) is 0 Å². The molecule has 0 spiro atoms. The minimum absolute atomic E-state index is 0.731. The van der Waals surface area contributed by atoms with Crippen molar-refractivity contribution in [3.8, 4) is 0 Å². The van der Waals surface area contributed by atoms with E-state index >= 15 is 0 Å². The lowest BCUT2D eigenvalue weighted by Gasteiger charge is -2.08. The molecular weight excluding hydrogens is 300 g/mol. The summed E-state index contributed by atoms with van der Waals surface area (Å²) >= 11 is 6.44. The lowest BCUT2D eigenvalue weighted by molar-refractivity contribution is 1.55. The zero-order chi connectivity index (χ0) is 15.9. The molecule has 3 aromatic rings. The summed E-state index contributed by atoms with van der Waals surface area (Å²) in [5.74, 6) is 0. The summed E-state index contributed by atoms with van der Waals surface area (Å²) in [7, 11) is 0. The van der Waals surface area contributed by atoms with Gasteiger partial charge in [-0.2, -0.15) is 0 Å². The Labute approximate surface area is 142 Å². The smallest absolute Gasteiger partial charge is 0.0478 e. The molecule has 0 bridgehead atoms. The van der Waals surface area contributed by atoms with Gasteiger partial charge in [-0.25, -0.2) is 0 Å². The molecular formula is C22H17Cl. The van der Waals surface area contributed by atoms with Crippen molar-refractivity contribution in [1.82, 2.24) is 0 Å². The Morgan fingerprint density at radius 2 is 0.913 bits per heavy atom. The second-order valence-corrected chi connectivity index (χ2v) is 5.60. The first-order valence-corrected chi connectivity index (χ1v) is 7.96. The Kier molecular flexibility index (Phi) is 5.08. The first kappa shape index (κ1) is 15.3. The highest BCUT2D eigenvalue weighted by Crippen LogP contribution is 2.25. The van der Waals surface area contributed by atoms with E-state index in [4.69, 9.17) is 11.6 Å². The molecule has 0 heterocycles. The van der Waals surface area contributed by atoms with E-state index in [0.29, 0.717) is 0 Å². The van der Waals surface area contributed by atoms with Crippen molar-refractivity contribution in [1.29, 1.82) is 0 Å². The van der Waals surface area contributed by atoms with Crippen LogP contribution in [0.15, 0.2) is 103 Å². The Morgan fingerprint density at radius 3 is 1.35 bits per heavy atom. The quantitative estimate of drug-likeness (QED) is 0.489. The van der Waals surface area contributed by atoms with E-state index in [1.807, 2.05) is 48.5 Å². The highest BCUT2D eigenvalue weighted by molar-refractivity contribution is 6.48. The van der Waals surface area contributed by atoms with Gasteiger partial charge in [-0.1, -0.05) is 109 Å². The fourth-order valence-electron chi connectivity index (χ4n) is 2.44. The van der Waals surface area contributed by atoms with Crippen LogP contribution in [0.3, 0.4) is 0 Å². The molecule has 3 aromatic carbocycles. The lowest BCUT2D eigenvalue weighted by Crippen LogP contribution is -1.87. The summed E-state index contributed by atoms with van der Waals surface area (Å²) < 4.78 is 0. The predicted molar refractivity (Wildman–Crippen MR) is 100 cm³/mol. The third kappa shape index (κ3) is 4.00. The van der Waals surface area contributed by atoms with E-state index in [1.54, 1.807) is 0 Å². The molecule has 0 fully saturated rings. The number of halogens is 1. The van der Waals surface area contributed by atoms with Gasteiger partial charge in [0.1, 0.15) is 0 Å². The SMILES string of the molecule is Cl/C(=C/C=C(c1ccccc1)c1ccccc1)c1ccccc1. The molecule has 0 nitrogen and oxygen atoms in total. The Hall–Kier alpha value is -2.57. The normalized spacial score (nSPS) is 11.1. The van der Waals surface area contributed by atoms with Crippen LogP contribution in [-0.4, -0.2) is 0 Å². The molecule has 3 rings (SSSR count). The van der Waals surface area contributed by atoms with Gasteiger partial charge < -0.3 is 0 Å². The van der Waals surface area contributed by atoms with E-state index in [0.717, 1.165) is 16.2 Å². The molecule has 0 aromatic heterocycles. The fraction of sp³-hybridized carbons (Fsp3) is 0. The van der Waals surface area contributed by atoms with Crippen LogP contribution >= 0.6 is 11.6 Å². The molecule has 0 saturated carbocycles. The fourth-order valence-corrected chi connectivity index (χ4v) is 2.63. The minimum atomic E-state index is 0.731. The number of allylic oxidation sites excluding steroid dienone is 2. The highest BCUT2D eigenvalue weighted by atomic mass is 35.5. The predicted octanol–water partition coefficient (Wildman–Crippen LogP) is 6.40. The van der Waals surface area contributed by atoms with Crippen molar-refractivity contribution in [2.24, 2.45) is 0 Å². The van der Waals surface area contributed by atoms with Crippen molar-refractivity contribution < 1.29 is 0 Å². The zero-order valence-corrected chi connectivity index (χ0v) is 13.4. The molecule has 23 heavy (non-hydrogen) atoms. The standard InChI is InChI=1S/C22H17Cl/c23-22(20-14-8-3-9-15-20)17-16-21(18-10-4-1-5-11-18)19-12-6-2-7-13-19/h1-17H/b22-17+. The first-order valence-electron chi connectivity index (χ1n) is 7.58. The third-order valence-corrected chi connectivity index (χ3v) is 3.96. The maximum Gasteiger partial charge on any atom is 0.0478 e. The largest absolute Gasteiger partial charge is 0.0837 e. The van der Waals surface area contributed by atoms with Crippen molar-refractivity contribution in [2.75, 3.05) is 0 Å². The Bertz CT molecular complexity index is 759. The monoisotopic (exact) mass is 316 g/mol. The summed E-state index contributed by atoms with van der Waals surface area (Å²) in [5, 5.41) is 0.731. The summed E-state index contributed by atoms with van der Waals surface area (Å²) in [6.45, 7) is 0. The maximum atomic E-state index is 6.44. The Morgan fingerprint density at radius 1 is 0.522 bits per heavy atom. The molecule has 0 aliphatic rings. The van der Waals surface area contributed by atoms with Gasteiger partial charge in [0, 0.05) is 5.03 Å². The summed E-state index contributed by atoms with van der Waals surface area (Å²) in [5.41, 5.74) is 4.52. The van der Waals surface area contributed by atoms with Crippen LogP contribution in [0, 0.1) is 0 Å². The topological polar surface area (TPSA) is 0 Å². The van der Waals surface area contributed by atoms with E-state index < -0.39 is 0 Å². The minimum Gasteiger partial charge on any atom is -0.0837 e. The molecule has 0 radical (unpaired) electrons. The lowest BCUT2D eigenvalue weighted by atomic mass is 9.97. The average molecular weight is 317 g/mol. The van der Waals surface area contributed by atoms with Crippen LogP contribution in [0.25, 0.3) is 10.6 Å². The van der Waals surface area contributed by atoms with Crippen LogP contribution in [0.2, 0.25) is 0 Å².